The van der Waals surface area contributed by atoms with Gasteiger partial charge in [0, 0.05) is 20.1 Å². The lowest BCUT2D eigenvalue weighted by molar-refractivity contribution is 0.298. The van der Waals surface area contributed by atoms with Crippen LogP contribution in [-0.4, -0.2) is 33.8 Å². The fourth-order valence-corrected chi connectivity index (χ4v) is 1.76. The molecule has 0 amide bonds. The van der Waals surface area contributed by atoms with E-state index in [9.17, 15) is 0 Å². The summed E-state index contributed by atoms with van der Waals surface area (Å²) in [6.45, 7) is 0.758. The monoisotopic (exact) mass is 232 g/mol. The van der Waals surface area contributed by atoms with Crippen LogP contribution in [0.5, 0.6) is 0 Å². The molecule has 1 aromatic heterocycles. The van der Waals surface area contributed by atoms with Crippen molar-refractivity contribution in [2.24, 2.45) is 0 Å². The summed E-state index contributed by atoms with van der Waals surface area (Å²) >= 11 is 0. The number of hydrogen-bond donors (Lipinski definition) is 2. The van der Waals surface area contributed by atoms with E-state index in [0.717, 1.165) is 11.5 Å². The zero-order valence-electron chi connectivity index (χ0n) is 9.80. The van der Waals surface area contributed by atoms with Crippen molar-refractivity contribution in [1.29, 1.82) is 0 Å². The molecule has 90 valence electrons. The lowest BCUT2D eigenvalue weighted by Crippen LogP contribution is -2.07. The molecule has 17 heavy (non-hydrogen) atoms. The molecule has 0 unspecified atom stereocenters. The van der Waals surface area contributed by atoms with Crippen molar-refractivity contribution in [3.63, 3.8) is 0 Å². The van der Waals surface area contributed by atoms with E-state index in [-0.39, 0.29) is 6.61 Å². The third-order valence-electron chi connectivity index (χ3n) is 2.57. The first kappa shape index (κ1) is 11.6. The normalized spacial score (nSPS) is 10.5. The van der Waals surface area contributed by atoms with E-state index in [1.54, 1.807) is 4.68 Å². The van der Waals surface area contributed by atoms with Crippen LogP contribution in [-0.2, 0) is 13.0 Å². The molecule has 0 saturated heterocycles. The minimum absolute atomic E-state index is 0.0821. The van der Waals surface area contributed by atoms with Crippen molar-refractivity contribution in [2.75, 3.05) is 19.0 Å². The molecule has 5 nitrogen and oxygen atoms in total. The quantitative estimate of drug-likeness (QED) is 0.804. The van der Waals surface area contributed by atoms with Crippen LogP contribution >= 0.6 is 0 Å². The van der Waals surface area contributed by atoms with E-state index in [1.807, 2.05) is 37.4 Å². The molecule has 0 atom stereocenters. The SMILES string of the molecule is CNc1c(CCO)nnn1Cc1ccccc1. The molecule has 0 aliphatic heterocycles. The first-order valence-electron chi connectivity index (χ1n) is 5.60. The molecule has 2 aromatic rings. The Morgan fingerprint density at radius 2 is 2.06 bits per heavy atom. The number of anilines is 1. The number of rotatable bonds is 5. The maximum Gasteiger partial charge on any atom is 0.148 e. The molecule has 0 saturated carbocycles. The Morgan fingerprint density at radius 1 is 1.29 bits per heavy atom. The molecular formula is C12H16N4O. The van der Waals surface area contributed by atoms with Crippen LogP contribution in [0, 0.1) is 0 Å². The van der Waals surface area contributed by atoms with E-state index in [0.29, 0.717) is 13.0 Å². The van der Waals surface area contributed by atoms with E-state index < -0.39 is 0 Å². The number of nitrogens with zero attached hydrogens (tertiary/aromatic N) is 3. The average molecular weight is 232 g/mol. The topological polar surface area (TPSA) is 63.0 Å². The summed E-state index contributed by atoms with van der Waals surface area (Å²) in [5.74, 6) is 0.864. The summed E-state index contributed by atoms with van der Waals surface area (Å²) < 4.78 is 1.81. The van der Waals surface area contributed by atoms with Crippen LogP contribution < -0.4 is 5.32 Å². The average Bonchev–Trinajstić information content (AvgIpc) is 2.73. The van der Waals surface area contributed by atoms with Gasteiger partial charge in [0.2, 0.25) is 0 Å². The fourth-order valence-electron chi connectivity index (χ4n) is 1.76. The van der Waals surface area contributed by atoms with Crippen LogP contribution in [0.4, 0.5) is 5.82 Å². The van der Waals surface area contributed by atoms with Gasteiger partial charge in [0.05, 0.1) is 6.54 Å². The Hall–Kier alpha value is -1.88. The van der Waals surface area contributed by atoms with Gasteiger partial charge in [-0.2, -0.15) is 0 Å². The summed E-state index contributed by atoms with van der Waals surface area (Å²) in [5.41, 5.74) is 1.97. The lowest BCUT2D eigenvalue weighted by Gasteiger charge is -2.06. The van der Waals surface area contributed by atoms with Crippen molar-refractivity contribution >= 4 is 5.82 Å². The van der Waals surface area contributed by atoms with Crippen LogP contribution in [0.1, 0.15) is 11.3 Å². The molecule has 1 aromatic carbocycles. The predicted octanol–water partition coefficient (Wildman–Crippen LogP) is 0.903. The van der Waals surface area contributed by atoms with Gasteiger partial charge in [0.25, 0.3) is 0 Å². The van der Waals surface area contributed by atoms with Crippen molar-refractivity contribution in [2.45, 2.75) is 13.0 Å². The second kappa shape index (κ2) is 5.45. The minimum atomic E-state index is 0.0821. The molecule has 0 spiro atoms. The van der Waals surface area contributed by atoms with Crippen molar-refractivity contribution in [1.82, 2.24) is 15.0 Å². The Morgan fingerprint density at radius 3 is 2.71 bits per heavy atom. The van der Waals surface area contributed by atoms with Crippen molar-refractivity contribution < 1.29 is 5.11 Å². The Balaban J connectivity index is 2.21. The van der Waals surface area contributed by atoms with Crippen LogP contribution in [0.25, 0.3) is 0 Å². The second-order valence-electron chi connectivity index (χ2n) is 3.75. The van der Waals surface area contributed by atoms with Gasteiger partial charge < -0.3 is 10.4 Å². The van der Waals surface area contributed by atoms with Gasteiger partial charge in [-0.15, -0.1) is 5.10 Å². The Kier molecular flexibility index (Phi) is 3.72. The molecule has 0 radical (unpaired) electrons. The van der Waals surface area contributed by atoms with Gasteiger partial charge in [0.15, 0.2) is 0 Å². The number of nitrogens with one attached hydrogen (secondary N) is 1. The Bertz CT molecular complexity index is 467. The fraction of sp³-hybridized carbons (Fsp3) is 0.333. The molecule has 1 heterocycles. The molecule has 0 aliphatic rings. The van der Waals surface area contributed by atoms with Gasteiger partial charge in [-0.25, -0.2) is 4.68 Å². The smallest absolute Gasteiger partial charge is 0.148 e. The van der Waals surface area contributed by atoms with Crippen molar-refractivity contribution in [3.05, 3.63) is 41.6 Å². The summed E-state index contributed by atoms with van der Waals surface area (Å²) in [7, 11) is 1.83. The van der Waals surface area contributed by atoms with Crippen LogP contribution in [0.15, 0.2) is 30.3 Å². The van der Waals surface area contributed by atoms with Gasteiger partial charge in [-0.05, 0) is 5.56 Å². The predicted molar refractivity (Wildman–Crippen MR) is 65.9 cm³/mol. The summed E-state index contributed by atoms with van der Waals surface area (Å²) in [5, 5.41) is 20.2. The molecule has 5 heteroatoms. The lowest BCUT2D eigenvalue weighted by atomic mass is 10.2. The van der Waals surface area contributed by atoms with Gasteiger partial charge in [0.1, 0.15) is 11.5 Å². The first-order valence-corrected chi connectivity index (χ1v) is 5.60. The van der Waals surface area contributed by atoms with Crippen LogP contribution in [0.3, 0.4) is 0 Å². The molecule has 2 rings (SSSR count). The van der Waals surface area contributed by atoms with Gasteiger partial charge >= 0.3 is 0 Å². The largest absolute Gasteiger partial charge is 0.396 e. The second-order valence-corrected chi connectivity index (χ2v) is 3.75. The molecule has 2 N–H and O–H groups in total. The third kappa shape index (κ3) is 2.62. The highest BCUT2D eigenvalue weighted by Gasteiger charge is 2.10. The molecule has 0 bridgehead atoms. The maximum atomic E-state index is 8.93. The highest BCUT2D eigenvalue weighted by Crippen LogP contribution is 2.14. The number of aromatic nitrogens is 3. The Labute approximate surface area is 100 Å². The number of benzene rings is 1. The minimum Gasteiger partial charge on any atom is -0.396 e. The first-order chi connectivity index (χ1) is 8.35. The zero-order valence-corrected chi connectivity index (χ0v) is 9.80. The highest BCUT2D eigenvalue weighted by molar-refractivity contribution is 5.40. The van der Waals surface area contributed by atoms with Gasteiger partial charge in [-0.3, -0.25) is 0 Å². The zero-order chi connectivity index (χ0) is 12.1. The van der Waals surface area contributed by atoms with E-state index in [4.69, 9.17) is 5.11 Å². The summed E-state index contributed by atoms with van der Waals surface area (Å²) in [6.07, 6.45) is 0.519. The van der Waals surface area contributed by atoms with Crippen molar-refractivity contribution in [3.8, 4) is 0 Å². The number of hydrogen-bond acceptors (Lipinski definition) is 4. The van der Waals surface area contributed by atoms with Crippen LogP contribution in [0.2, 0.25) is 0 Å². The summed E-state index contributed by atoms with van der Waals surface area (Å²) in [6, 6.07) is 10.1. The van der Waals surface area contributed by atoms with E-state index >= 15 is 0 Å². The molecular weight excluding hydrogens is 216 g/mol. The molecule has 0 aliphatic carbocycles. The van der Waals surface area contributed by atoms with E-state index in [1.165, 1.54) is 5.56 Å². The molecule has 0 fully saturated rings. The highest BCUT2D eigenvalue weighted by atomic mass is 16.3. The number of aliphatic hydroxyl groups excluding tert-OH is 1. The summed E-state index contributed by atoms with van der Waals surface area (Å²) in [4.78, 5) is 0. The standard InChI is InChI=1S/C12H16N4O/c1-13-12-11(7-8-17)14-15-16(12)9-10-5-3-2-4-6-10/h2-6,13,17H,7-9H2,1H3. The third-order valence-corrected chi connectivity index (χ3v) is 2.57. The van der Waals surface area contributed by atoms with E-state index in [2.05, 4.69) is 15.6 Å². The maximum absolute atomic E-state index is 8.93. The number of aliphatic hydroxyl groups is 1. The van der Waals surface area contributed by atoms with Gasteiger partial charge in [-0.1, -0.05) is 35.5 Å².